The van der Waals surface area contributed by atoms with Crippen molar-refractivity contribution in [3.05, 3.63) is 110 Å². The summed E-state index contributed by atoms with van der Waals surface area (Å²) < 4.78 is 41.1. The molecule has 180 valence electrons. The second-order valence-corrected chi connectivity index (χ2v) is 8.22. The number of alkyl halides is 3. The van der Waals surface area contributed by atoms with Gasteiger partial charge in [0, 0.05) is 6.54 Å². The summed E-state index contributed by atoms with van der Waals surface area (Å²) in [5, 5.41) is 2.82. The Hall–Kier alpha value is -4.14. The molecule has 0 aliphatic heterocycles. The van der Waals surface area contributed by atoms with Crippen molar-refractivity contribution in [3.8, 4) is 5.69 Å². The summed E-state index contributed by atoms with van der Waals surface area (Å²) in [6, 6.07) is 16.4. The Morgan fingerprint density at radius 2 is 1.66 bits per heavy atom. The summed E-state index contributed by atoms with van der Waals surface area (Å²) in [6.07, 6.45) is -4.49. The van der Waals surface area contributed by atoms with Crippen molar-refractivity contribution >= 4 is 16.8 Å². The van der Waals surface area contributed by atoms with E-state index in [0.717, 1.165) is 27.8 Å². The number of hydrogen-bond acceptors (Lipinski definition) is 3. The zero-order valence-electron chi connectivity index (χ0n) is 19.0. The molecule has 3 aromatic carbocycles. The fraction of sp³-hybridized carbons (Fsp3) is 0.192. The molecular weight excluding hydrogens is 459 g/mol. The first kappa shape index (κ1) is 24.0. The Morgan fingerprint density at radius 1 is 0.943 bits per heavy atom. The normalized spacial score (nSPS) is 11.6. The summed E-state index contributed by atoms with van der Waals surface area (Å²) in [6.45, 7) is 3.11. The third kappa shape index (κ3) is 4.75. The molecule has 1 N–H and O–H groups in total. The van der Waals surface area contributed by atoms with Gasteiger partial charge in [0.2, 0.25) is 5.91 Å². The van der Waals surface area contributed by atoms with Crippen molar-refractivity contribution in [3.63, 3.8) is 0 Å². The molecule has 0 atom stereocenters. The van der Waals surface area contributed by atoms with Gasteiger partial charge in [0.25, 0.3) is 5.56 Å². The van der Waals surface area contributed by atoms with Crippen LogP contribution in [-0.2, 0) is 24.1 Å². The fourth-order valence-electron chi connectivity index (χ4n) is 3.92. The third-order valence-electron chi connectivity index (χ3n) is 5.91. The van der Waals surface area contributed by atoms with Crippen molar-refractivity contribution in [2.75, 3.05) is 0 Å². The number of fused-ring (bicyclic) bond motifs is 1. The van der Waals surface area contributed by atoms with E-state index in [4.69, 9.17) is 0 Å². The van der Waals surface area contributed by atoms with Gasteiger partial charge in [-0.1, -0.05) is 36.4 Å². The number of aromatic nitrogens is 2. The van der Waals surface area contributed by atoms with E-state index in [1.165, 1.54) is 16.7 Å². The smallest absolute Gasteiger partial charge is 0.350 e. The highest BCUT2D eigenvalue weighted by molar-refractivity contribution is 5.82. The minimum Gasteiger partial charge on any atom is -0.350 e. The monoisotopic (exact) mass is 481 g/mol. The van der Waals surface area contributed by atoms with Gasteiger partial charge in [-0.2, -0.15) is 13.2 Å². The number of benzene rings is 3. The van der Waals surface area contributed by atoms with Crippen LogP contribution in [-0.4, -0.2) is 15.0 Å². The number of hydrogen-bond donors (Lipinski definition) is 1. The van der Waals surface area contributed by atoms with E-state index in [1.54, 1.807) is 43.3 Å². The molecule has 0 fully saturated rings. The van der Waals surface area contributed by atoms with E-state index in [0.29, 0.717) is 11.2 Å². The van der Waals surface area contributed by atoms with Crippen LogP contribution in [0, 0.1) is 13.8 Å². The van der Waals surface area contributed by atoms with E-state index >= 15 is 0 Å². The molecule has 1 aromatic heterocycles. The van der Waals surface area contributed by atoms with Crippen molar-refractivity contribution in [1.29, 1.82) is 0 Å². The van der Waals surface area contributed by atoms with E-state index < -0.39 is 35.4 Å². The van der Waals surface area contributed by atoms with Crippen molar-refractivity contribution in [2.45, 2.75) is 33.1 Å². The molecule has 0 radical (unpaired) electrons. The molecule has 6 nitrogen and oxygen atoms in total. The molecule has 35 heavy (non-hydrogen) atoms. The Morgan fingerprint density at radius 3 is 2.40 bits per heavy atom. The number of nitrogens with zero attached hydrogens (tertiary/aromatic N) is 2. The largest absolute Gasteiger partial charge is 0.416 e. The van der Waals surface area contributed by atoms with Crippen LogP contribution in [0.4, 0.5) is 13.2 Å². The average Bonchev–Trinajstić information content (AvgIpc) is 2.83. The minimum atomic E-state index is -4.49. The van der Waals surface area contributed by atoms with Gasteiger partial charge in [0.1, 0.15) is 6.54 Å². The number of carbonyl (C=O) groups excluding carboxylic acids is 1. The average molecular weight is 481 g/mol. The van der Waals surface area contributed by atoms with Gasteiger partial charge in [-0.15, -0.1) is 0 Å². The zero-order valence-corrected chi connectivity index (χ0v) is 19.0. The van der Waals surface area contributed by atoms with Crippen molar-refractivity contribution < 1.29 is 18.0 Å². The first-order valence-corrected chi connectivity index (χ1v) is 10.8. The lowest BCUT2D eigenvalue weighted by Gasteiger charge is -2.16. The van der Waals surface area contributed by atoms with Crippen LogP contribution in [0.15, 0.2) is 76.3 Å². The molecule has 0 aliphatic carbocycles. The molecule has 0 saturated carbocycles. The van der Waals surface area contributed by atoms with Crippen LogP contribution in [0.5, 0.6) is 0 Å². The molecule has 4 rings (SSSR count). The first-order chi connectivity index (χ1) is 16.6. The second-order valence-electron chi connectivity index (χ2n) is 8.22. The minimum absolute atomic E-state index is 0.147. The van der Waals surface area contributed by atoms with Crippen molar-refractivity contribution in [2.24, 2.45) is 0 Å². The predicted octanol–water partition coefficient (Wildman–Crippen LogP) is 4.10. The lowest BCUT2D eigenvalue weighted by Crippen LogP contribution is -2.42. The highest BCUT2D eigenvalue weighted by Gasteiger charge is 2.30. The van der Waals surface area contributed by atoms with Crippen LogP contribution in [0.3, 0.4) is 0 Å². The van der Waals surface area contributed by atoms with Crippen molar-refractivity contribution in [1.82, 2.24) is 14.5 Å². The number of para-hydroxylation sites is 1. The topological polar surface area (TPSA) is 73.1 Å². The fourth-order valence-corrected chi connectivity index (χ4v) is 3.92. The van der Waals surface area contributed by atoms with E-state index in [2.05, 4.69) is 5.32 Å². The van der Waals surface area contributed by atoms with Gasteiger partial charge in [-0.3, -0.25) is 14.2 Å². The van der Waals surface area contributed by atoms with E-state index in [1.807, 2.05) is 13.0 Å². The van der Waals surface area contributed by atoms with Crippen LogP contribution in [0.25, 0.3) is 16.6 Å². The third-order valence-corrected chi connectivity index (χ3v) is 5.91. The molecule has 0 aliphatic rings. The highest BCUT2D eigenvalue weighted by Crippen LogP contribution is 2.29. The summed E-state index contributed by atoms with van der Waals surface area (Å²) in [5.74, 6) is -0.583. The first-order valence-electron chi connectivity index (χ1n) is 10.8. The summed E-state index contributed by atoms with van der Waals surface area (Å²) in [5.41, 5.74) is 0.631. The molecule has 1 amide bonds. The number of halogens is 3. The SMILES string of the molecule is Cc1cccc(-n2c(=O)c3ccccc3n(CC(=O)NCc3cccc(C(F)(F)F)c3)c2=O)c1C. The summed E-state index contributed by atoms with van der Waals surface area (Å²) in [7, 11) is 0. The van der Waals surface area contributed by atoms with Gasteiger partial charge >= 0.3 is 11.9 Å². The second kappa shape index (κ2) is 9.25. The standard InChI is InChI=1S/C26H22F3N3O3/c1-16-7-5-12-21(17(16)2)32-24(34)20-10-3-4-11-22(20)31(25(32)35)15-23(33)30-14-18-8-6-9-19(13-18)26(27,28)29/h3-13H,14-15H2,1-2H3,(H,30,33). The Labute approximate surface area is 198 Å². The van der Waals surface area contributed by atoms with E-state index in [-0.39, 0.29) is 17.5 Å². The van der Waals surface area contributed by atoms with Gasteiger partial charge in [-0.25, -0.2) is 9.36 Å². The Kier molecular flexibility index (Phi) is 6.34. The molecule has 1 heterocycles. The lowest BCUT2D eigenvalue weighted by atomic mass is 10.1. The summed E-state index contributed by atoms with van der Waals surface area (Å²) >= 11 is 0. The van der Waals surface area contributed by atoms with Crippen LogP contribution < -0.4 is 16.6 Å². The van der Waals surface area contributed by atoms with Crippen LogP contribution in [0.1, 0.15) is 22.3 Å². The molecule has 0 spiro atoms. The predicted molar refractivity (Wildman–Crippen MR) is 127 cm³/mol. The molecule has 0 saturated heterocycles. The van der Waals surface area contributed by atoms with Crippen LogP contribution in [0.2, 0.25) is 0 Å². The van der Waals surface area contributed by atoms with Gasteiger partial charge in [0.15, 0.2) is 0 Å². The number of rotatable bonds is 5. The molecular formula is C26H22F3N3O3. The maximum Gasteiger partial charge on any atom is 0.416 e. The number of amides is 1. The lowest BCUT2D eigenvalue weighted by molar-refractivity contribution is -0.137. The molecule has 0 unspecified atom stereocenters. The maximum absolute atomic E-state index is 13.5. The summed E-state index contributed by atoms with van der Waals surface area (Å²) in [4.78, 5) is 39.4. The molecule has 4 aromatic rings. The molecule has 0 bridgehead atoms. The zero-order chi connectivity index (χ0) is 25.3. The number of nitrogens with one attached hydrogen (secondary N) is 1. The number of carbonyl (C=O) groups is 1. The number of aryl methyl sites for hydroxylation is 1. The van der Waals surface area contributed by atoms with Gasteiger partial charge < -0.3 is 5.32 Å². The Balaban J connectivity index is 1.71. The maximum atomic E-state index is 13.5. The Bertz CT molecular complexity index is 1550. The highest BCUT2D eigenvalue weighted by atomic mass is 19.4. The molecule has 9 heteroatoms. The van der Waals surface area contributed by atoms with E-state index in [9.17, 15) is 27.6 Å². The van der Waals surface area contributed by atoms with Gasteiger partial charge in [-0.05, 0) is 60.9 Å². The van der Waals surface area contributed by atoms with Crippen LogP contribution >= 0.6 is 0 Å². The quantitative estimate of drug-likeness (QED) is 0.467. The van der Waals surface area contributed by atoms with Gasteiger partial charge in [0.05, 0.1) is 22.2 Å².